The first-order valence-corrected chi connectivity index (χ1v) is 10.0. The van der Waals surface area contributed by atoms with Crippen LogP contribution in [0.4, 0.5) is 5.69 Å². The van der Waals surface area contributed by atoms with Crippen molar-refractivity contribution in [3.63, 3.8) is 0 Å². The molecule has 0 aliphatic rings. The second kappa shape index (κ2) is 10.9. The normalized spacial score (nSPS) is 10.3. The molecule has 3 rings (SSSR count). The minimum absolute atomic E-state index is 0.306. The summed E-state index contributed by atoms with van der Waals surface area (Å²) in [5.41, 5.74) is 2.25. The molecular formula is C25H27NO5. The number of para-hydroxylation sites is 2. The van der Waals surface area contributed by atoms with Crippen LogP contribution in [0, 0.1) is 0 Å². The molecule has 1 amide bonds. The van der Waals surface area contributed by atoms with Crippen molar-refractivity contribution in [1.29, 1.82) is 0 Å². The van der Waals surface area contributed by atoms with Gasteiger partial charge in [0.15, 0.2) is 11.5 Å². The Hall–Kier alpha value is -3.67. The number of carbonyl (C=O) groups excluding carboxylic acids is 1. The fourth-order valence-electron chi connectivity index (χ4n) is 3.21. The molecule has 6 heteroatoms. The monoisotopic (exact) mass is 421 g/mol. The van der Waals surface area contributed by atoms with Gasteiger partial charge < -0.3 is 24.3 Å². The fourth-order valence-corrected chi connectivity index (χ4v) is 3.21. The molecule has 0 saturated carbocycles. The first-order valence-electron chi connectivity index (χ1n) is 10.0. The molecule has 0 spiro atoms. The van der Waals surface area contributed by atoms with Crippen LogP contribution >= 0.6 is 0 Å². The van der Waals surface area contributed by atoms with Gasteiger partial charge >= 0.3 is 0 Å². The molecule has 0 aliphatic heterocycles. The maximum Gasteiger partial charge on any atom is 0.256 e. The van der Waals surface area contributed by atoms with Gasteiger partial charge in [0.1, 0.15) is 5.75 Å². The smallest absolute Gasteiger partial charge is 0.256 e. The molecule has 31 heavy (non-hydrogen) atoms. The van der Waals surface area contributed by atoms with Crippen molar-refractivity contribution in [2.45, 2.75) is 12.8 Å². The van der Waals surface area contributed by atoms with E-state index in [9.17, 15) is 4.79 Å². The van der Waals surface area contributed by atoms with E-state index < -0.39 is 0 Å². The second-order valence-electron chi connectivity index (χ2n) is 6.80. The molecule has 0 radical (unpaired) electrons. The van der Waals surface area contributed by atoms with E-state index in [0.717, 1.165) is 12.8 Å². The van der Waals surface area contributed by atoms with E-state index in [1.807, 2.05) is 42.5 Å². The van der Waals surface area contributed by atoms with Crippen LogP contribution in [0.5, 0.6) is 23.0 Å². The minimum atomic E-state index is -0.306. The molecule has 3 aromatic rings. The Bertz CT molecular complexity index is 979. The number of hydrogen-bond acceptors (Lipinski definition) is 5. The van der Waals surface area contributed by atoms with Gasteiger partial charge in [-0.3, -0.25) is 4.79 Å². The van der Waals surface area contributed by atoms with Crippen LogP contribution in [0.1, 0.15) is 22.3 Å². The summed E-state index contributed by atoms with van der Waals surface area (Å²) >= 11 is 0. The SMILES string of the molecule is COc1cc(C(=O)Nc2ccccc2OCCCc2ccccc2)cc(OC)c1OC. The summed E-state index contributed by atoms with van der Waals surface area (Å²) in [7, 11) is 4.54. The lowest BCUT2D eigenvalue weighted by molar-refractivity contribution is 0.102. The summed E-state index contributed by atoms with van der Waals surface area (Å²) in [4.78, 5) is 12.9. The van der Waals surface area contributed by atoms with E-state index in [2.05, 4.69) is 17.4 Å². The van der Waals surface area contributed by atoms with Gasteiger partial charge in [-0.2, -0.15) is 0 Å². The molecule has 0 aliphatic carbocycles. The maximum absolute atomic E-state index is 12.9. The summed E-state index contributed by atoms with van der Waals surface area (Å²) in [5.74, 6) is 1.58. The van der Waals surface area contributed by atoms with Crippen LogP contribution in [-0.4, -0.2) is 33.8 Å². The predicted molar refractivity (Wildman–Crippen MR) is 121 cm³/mol. The Labute approximate surface area is 182 Å². The molecule has 0 fully saturated rings. The van der Waals surface area contributed by atoms with Gasteiger partial charge in [-0.25, -0.2) is 0 Å². The molecule has 0 heterocycles. The van der Waals surface area contributed by atoms with Gasteiger partial charge in [-0.1, -0.05) is 42.5 Å². The van der Waals surface area contributed by atoms with Gasteiger partial charge in [0.2, 0.25) is 5.75 Å². The highest BCUT2D eigenvalue weighted by atomic mass is 16.5. The van der Waals surface area contributed by atoms with E-state index in [-0.39, 0.29) is 5.91 Å². The first kappa shape index (κ1) is 22.0. The van der Waals surface area contributed by atoms with E-state index in [4.69, 9.17) is 18.9 Å². The molecule has 0 bridgehead atoms. The number of hydrogen-bond donors (Lipinski definition) is 1. The Morgan fingerprint density at radius 2 is 1.45 bits per heavy atom. The average Bonchev–Trinajstić information content (AvgIpc) is 2.82. The van der Waals surface area contributed by atoms with Crippen molar-refractivity contribution in [2.24, 2.45) is 0 Å². The van der Waals surface area contributed by atoms with Crippen LogP contribution < -0.4 is 24.3 Å². The Balaban J connectivity index is 1.68. The minimum Gasteiger partial charge on any atom is -0.493 e. The average molecular weight is 421 g/mol. The van der Waals surface area contributed by atoms with Crippen molar-refractivity contribution >= 4 is 11.6 Å². The standard InChI is InChI=1S/C25H27NO5/c1-28-22-16-19(17-23(29-2)24(22)30-3)25(27)26-20-13-7-8-14-21(20)31-15-9-12-18-10-5-4-6-11-18/h4-8,10-11,13-14,16-17H,9,12,15H2,1-3H3,(H,26,27). The predicted octanol–water partition coefficient (Wildman–Crippen LogP) is 4.98. The maximum atomic E-state index is 12.9. The highest BCUT2D eigenvalue weighted by molar-refractivity contribution is 6.05. The topological polar surface area (TPSA) is 66.0 Å². The Kier molecular flexibility index (Phi) is 7.76. The molecule has 3 aromatic carbocycles. The van der Waals surface area contributed by atoms with Crippen molar-refractivity contribution < 1.29 is 23.7 Å². The third-order valence-electron chi connectivity index (χ3n) is 4.77. The zero-order chi connectivity index (χ0) is 22.1. The molecule has 0 aromatic heterocycles. The molecule has 0 unspecified atom stereocenters. The second-order valence-corrected chi connectivity index (χ2v) is 6.80. The van der Waals surface area contributed by atoms with Crippen LogP contribution in [-0.2, 0) is 6.42 Å². The number of anilines is 1. The number of aryl methyl sites for hydroxylation is 1. The lowest BCUT2D eigenvalue weighted by Gasteiger charge is -2.15. The van der Waals surface area contributed by atoms with Crippen LogP contribution in [0.2, 0.25) is 0 Å². The largest absolute Gasteiger partial charge is 0.493 e. The first-order chi connectivity index (χ1) is 15.2. The summed E-state index contributed by atoms with van der Waals surface area (Å²) in [6, 6.07) is 20.9. The number of carbonyl (C=O) groups is 1. The molecule has 0 saturated heterocycles. The lowest BCUT2D eigenvalue weighted by atomic mass is 10.1. The summed E-state index contributed by atoms with van der Waals surface area (Å²) in [6.07, 6.45) is 1.81. The number of nitrogens with one attached hydrogen (secondary N) is 1. The van der Waals surface area contributed by atoms with E-state index in [0.29, 0.717) is 40.9 Å². The van der Waals surface area contributed by atoms with E-state index in [1.165, 1.54) is 26.9 Å². The lowest BCUT2D eigenvalue weighted by Crippen LogP contribution is -2.14. The van der Waals surface area contributed by atoms with Crippen LogP contribution in [0.15, 0.2) is 66.7 Å². The molecule has 0 atom stereocenters. The van der Waals surface area contributed by atoms with Gasteiger partial charge in [-0.05, 0) is 42.7 Å². The zero-order valence-electron chi connectivity index (χ0n) is 18.0. The summed E-state index contributed by atoms with van der Waals surface area (Å²) in [6.45, 7) is 0.548. The van der Waals surface area contributed by atoms with E-state index in [1.54, 1.807) is 12.1 Å². The Morgan fingerprint density at radius 3 is 2.10 bits per heavy atom. The third kappa shape index (κ3) is 5.69. The van der Waals surface area contributed by atoms with Crippen molar-refractivity contribution in [1.82, 2.24) is 0 Å². The molecule has 1 N–H and O–H groups in total. The molecule has 162 valence electrons. The quantitative estimate of drug-likeness (QED) is 0.468. The number of ether oxygens (including phenoxy) is 4. The van der Waals surface area contributed by atoms with Crippen molar-refractivity contribution in [2.75, 3.05) is 33.3 Å². The van der Waals surface area contributed by atoms with Gasteiger partial charge in [-0.15, -0.1) is 0 Å². The van der Waals surface area contributed by atoms with Crippen LogP contribution in [0.3, 0.4) is 0 Å². The molecular weight excluding hydrogens is 394 g/mol. The van der Waals surface area contributed by atoms with Gasteiger partial charge in [0.25, 0.3) is 5.91 Å². The van der Waals surface area contributed by atoms with Gasteiger partial charge in [0.05, 0.1) is 33.6 Å². The van der Waals surface area contributed by atoms with Crippen molar-refractivity contribution in [3.8, 4) is 23.0 Å². The highest BCUT2D eigenvalue weighted by Crippen LogP contribution is 2.38. The molecule has 6 nitrogen and oxygen atoms in total. The number of benzene rings is 3. The summed E-state index contributed by atoms with van der Waals surface area (Å²) < 4.78 is 21.9. The van der Waals surface area contributed by atoms with Crippen molar-refractivity contribution in [3.05, 3.63) is 77.9 Å². The zero-order valence-corrected chi connectivity index (χ0v) is 18.0. The number of amides is 1. The third-order valence-corrected chi connectivity index (χ3v) is 4.77. The Morgan fingerprint density at radius 1 is 0.806 bits per heavy atom. The van der Waals surface area contributed by atoms with E-state index >= 15 is 0 Å². The fraction of sp³-hybridized carbons (Fsp3) is 0.240. The number of methoxy groups -OCH3 is 3. The highest BCUT2D eigenvalue weighted by Gasteiger charge is 2.18. The summed E-state index contributed by atoms with van der Waals surface area (Å²) in [5, 5.41) is 2.91. The van der Waals surface area contributed by atoms with Crippen LogP contribution in [0.25, 0.3) is 0 Å². The number of rotatable bonds is 10. The van der Waals surface area contributed by atoms with Gasteiger partial charge in [0, 0.05) is 5.56 Å².